The van der Waals surface area contributed by atoms with Crippen LogP contribution in [-0.4, -0.2) is 32.8 Å². The second kappa shape index (κ2) is 5.20. The number of carbonyl (C=O) groups excluding carboxylic acids is 3. The van der Waals surface area contributed by atoms with Gasteiger partial charge in [-0.15, -0.1) is 11.3 Å². The molecule has 1 aliphatic rings. The molecular formula is C16H9N3O4S. The molecule has 4 rings (SSSR count). The lowest BCUT2D eigenvalue weighted by molar-refractivity contribution is -0.0586. The van der Waals surface area contributed by atoms with Crippen molar-refractivity contribution in [1.29, 1.82) is 0 Å². The van der Waals surface area contributed by atoms with Gasteiger partial charge in [0.05, 0.1) is 21.3 Å². The van der Waals surface area contributed by atoms with Crippen LogP contribution < -0.4 is 0 Å². The third-order valence-electron chi connectivity index (χ3n) is 3.66. The van der Waals surface area contributed by atoms with Gasteiger partial charge in [0.15, 0.2) is 5.69 Å². The first kappa shape index (κ1) is 14.5. The third-order valence-corrected chi connectivity index (χ3v) is 4.75. The molecule has 0 bridgehead atoms. The summed E-state index contributed by atoms with van der Waals surface area (Å²) in [6.45, 7) is 1.87. The van der Waals surface area contributed by atoms with Crippen molar-refractivity contribution >= 4 is 39.3 Å². The first-order chi connectivity index (χ1) is 11.6. The average molecular weight is 339 g/mol. The van der Waals surface area contributed by atoms with E-state index in [-0.39, 0.29) is 16.8 Å². The van der Waals surface area contributed by atoms with Gasteiger partial charge < -0.3 is 4.84 Å². The van der Waals surface area contributed by atoms with Gasteiger partial charge in [0.25, 0.3) is 11.8 Å². The minimum absolute atomic E-state index is 0.0228. The van der Waals surface area contributed by atoms with E-state index in [1.807, 2.05) is 12.3 Å². The molecule has 8 heteroatoms. The number of thiophene rings is 1. The fraction of sp³-hybridized carbons (Fsp3) is 0.0625. The molecule has 0 N–H and O–H groups in total. The smallest absolute Gasteiger partial charge is 0.322 e. The molecule has 0 unspecified atom stereocenters. The standard InChI is InChI=1S/C16H9N3O4S/c1-8-6-24-13-11(8)17-7-18-12(13)16(22)23-19-14(20)9-4-2-3-5-10(9)15(19)21/h2-7H,1H3. The lowest BCUT2D eigenvalue weighted by atomic mass is 10.1. The largest absolute Gasteiger partial charge is 0.383 e. The van der Waals surface area contributed by atoms with E-state index in [2.05, 4.69) is 9.97 Å². The number of imide groups is 1. The van der Waals surface area contributed by atoms with Crippen molar-refractivity contribution in [2.24, 2.45) is 0 Å². The van der Waals surface area contributed by atoms with Crippen LogP contribution in [0.1, 0.15) is 36.8 Å². The second-order valence-corrected chi connectivity index (χ2v) is 6.03. The maximum atomic E-state index is 12.4. The van der Waals surface area contributed by atoms with E-state index >= 15 is 0 Å². The second-order valence-electron chi connectivity index (χ2n) is 5.15. The molecule has 0 atom stereocenters. The van der Waals surface area contributed by atoms with E-state index in [0.717, 1.165) is 5.56 Å². The Kier molecular flexibility index (Phi) is 3.14. The zero-order chi connectivity index (χ0) is 16.8. The highest BCUT2D eigenvalue weighted by Crippen LogP contribution is 2.27. The van der Waals surface area contributed by atoms with Gasteiger partial charge in [-0.25, -0.2) is 14.8 Å². The van der Waals surface area contributed by atoms with Crippen molar-refractivity contribution in [3.63, 3.8) is 0 Å². The van der Waals surface area contributed by atoms with E-state index in [9.17, 15) is 14.4 Å². The molecule has 0 radical (unpaired) electrons. The van der Waals surface area contributed by atoms with Crippen LogP contribution in [0, 0.1) is 6.92 Å². The first-order valence-electron chi connectivity index (χ1n) is 6.97. The number of hydrogen-bond donors (Lipinski definition) is 0. The topological polar surface area (TPSA) is 89.5 Å². The maximum Gasteiger partial charge on any atom is 0.383 e. The molecule has 0 saturated carbocycles. The summed E-state index contributed by atoms with van der Waals surface area (Å²) in [6, 6.07) is 6.29. The van der Waals surface area contributed by atoms with Crippen molar-refractivity contribution in [1.82, 2.24) is 15.0 Å². The summed E-state index contributed by atoms with van der Waals surface area (Å²) in [7, 11) is 0. The third kappa shape index (κ3) is 2.00. The first-order valence-corrected chi connectivity index (χ1v) is 7.85. The van der Waals surface area contributed by atoms with Gasteiger partial charge >= 0.3 is 5.97 Å². The molecule has 24 heavy (non-hydrogen) atoms. The Balaban J connectivity index is 1.68. The predicted octanol–water partition coefficient (Wildman–Crippen LogP) is 2.37. The molecular weight excluding hydrogens is 330 g/mol. The number of aromatic nitrogens is 2. The SMILES string of the molecule is Cc1csc2c(C(=O)ON3C(=O)c4ccccc4C3=O)ncnc12. The zero-order valence-electron chi connectivity index (χ0n) is 12.3. The number of aryl methyl sites for hydroxylation is 1. The summed E-state index contributed by atoms with van der Waals surface area (Å²) in [6.07, 6.45) is 1.25. The van der Waals surface area contributed by atoms with Crippen molar-refractivity contribution in [3.8, 4) is 0 Å². The highest BCUT2D eigenvalue weighted by atomic mass is 32.1. The molecule has 0 fully saturated rings. The van der Waals surface area contributed by atoms with Crippen molar-refractivity contribution in [2.75, 3.05) is 0 Å². The normalized spacial score (nSPS) is 13.5. The molecule has 118 valence electrons. The minimum atomic E-state index is -0.876. The number of fused-ring (bicyclic) bond motifs is 2. The molecule has 0 saturated heterocycles. The Morgan fingerprint density at radius 3 is 2.46 bits per heavy atom. The fourth-order valence-corrected chi connectivity index (χ4v) is 3.47. The van der Waals surface area contributed by atoms with Crippen LogP contribution in [0.3, 0.4) is 0 Å². The lowest BCUT2D eigenvalue weighted by Crippen LogP contribution is -2.33. The quantitative estimate of drug-likeness (QED) is 0.666. The van der Waals surface area contributed by atoms with Gasteiger partial charge in [-0.1, -0.05) is 17.2 Å². The van der Waals surface area contributed by atoms with Gasteiger partial charge in [-0.05, 0) is 30.0 Å². The molecule has 0 aliphatic carbocycles. The number of hydrogen-bond acceptors (Lipinski definition) is 7. The Hall–Kier alpha value is -3.13. The molecule has 2 amide bonds. The summed E-state index contributed by atoms with van der Waals surface area (Å²) < 4.78 is 0.552. The summed E-state index contributed by atoms with van der Waals surface area (Å²) in [4.78, 5) is 50.0. The molecule has 1 aromatic carbocycles. The summed E-state index contributed by atoms with van der Waals surface area (Å²) in [5.74, 6) is -2.22. The Bertz CT molecular complexity index is 992. The number of amides is 2. The van der Waals surface area contributed by atoms with E-state index in [0.29, 0.717) is 15.3 Å². The number of hydroxylamine groups is 2. The van der Waals surface area contributed by atoms with E-state index < -0.39 is 17.8 Å². The highest BCUT2D eigenvalue weighted by Gasteiger charge is 2.39. The summed E-state index contributed by atoms with van der Waals surface area (Å²) in [5.41, 5.74) is 1.98. The number of rotatable bonds is 2. The molecule has 3 heterocycles. The minimum Gasteiger partial charge on any atom is -0.322 e. The molecule has 7 nitrogen and oxygen atoms in total. The monoisotopic (exact) mass is 339 g/mol. The van der Waals surface area contributed by atoms with E-state index in [1.54, 1.807) is 12.1 Å². The van der Waals surface area contributed by atoms with Crippen LogP contribution in [0.25, 0.3) is 10.2 Å². The van der Waals surface area contributed by atoms with Gasteiger partial charge in [0.1, 0.15) is 6.33 Å². The van der Waals surface area contributed by atoms with Gasteiger partial charge in [-0.3, -0.25) is 9.59 Å². The molecule has 1 aliphatic heterocycles. The predicted molar refractivity (Wildman–Crippen MR) is 84.5 cm³/mol. The van der Waals surface area contributed by atoms with Crippen molar-refractivity contribution in [2.45, 2.75) is 6.92 Å². The van der Waals surface area contributed by atoms with Crippen molar-refractivity contribution < 1.29 is 19.2 Å². The molecule has 2 aromatic heterocycles. The van der Waals surface area contributed by atoms with Crippen LogP contribution in [0.15, 0.2) is 36.0 Å². The number of benzene rings is 1. The maximum absolute atomic E-state index is 12.4. The molecule has 0 spiro atoms. The molecule has 3 aromatic rings. The van der Waals surface area contributed by atoms with Crippen LogP contribution in [0.4, 0.5) is 0 Å². The highest BCUT2D eigenvalue weighted by molar-refractivity contribution is 7.17. The summed E-state index contributed by atoms with van der Waals surface area (Å²) >= 11 is 1.30. The van der Waals surface area contributed by atoms with E-state index in [4.69, 9.17) is 4.84 Å². The lowest BCUT2D eigenvalue weighted by Gasteiger charge is -2.12. The number of carbonyl (C=O) groups is 3. The summed E-state index contributed by atoms with van der Waals surface area (Å²) in [5, 5.41) is 2.32. The van der Waals surface area contributed by atoms with Gasteiger partial charge in [0, 0.05) is 0 Å². The van der Waals surface area contributed by atoms with Crippen molar-refractivity contribution in [3.05, 3.63) is 58.4 Å². The Morgan fingerprint density at radius 1 is 1.12 bits per heavy atom. The van der Waals surface area contributed by atoms with Gasteiger partial charge in [0.2, 0.25) is 0 Å². The van der Waals surface area contributed by atoms with Gasteiger partial charge in [-0.2, -0.15) is 0 Å². The van der Waals surface area contributed by atoms with Crippen LogP contribution in [-0.2, 0) is 4.84 Å². The van der Waals surface area contributed by atoms with E-state index in [1.165, 1.54) is 29.8 Å². The average Bonchev–Trinajstić information content (AvgIpc) is 3.09. The Labute approximate surface area is 139 Å². The number of nitrogens with zero attached hydrogens (tertiary/aromatic N) is 3. The fourth-order valence-electron chi connectivity index (χ4n) is 2.49. The van der Waals surface area contributed by atoms with Crippen LogP contribution in [0.2, 0.25) is 0 Å². The Morgan fingerprint density at radius 2 is 1.79 bits per heavy atom. The zero-order valence-corrected chi connectivity index (χ0v) is 13.2. The van der Waals surface area contributed by atoms with Crippen LogP contribution in [0.5, 0.6) is 0 Å². The van der Waals surface area contributed by atoms with Crippen LogP contribution >= 0.6 is 11.3 Å².